The van der Waals surface area contributed by atoms with E-state index in [-0.39, 0.29) is 5.57 Å². The highest BCUT2D eigenvalue weighted by molar-refractivity contribution is 9.10. The van der Waals surface area contributed by atoms with Crippen molar-refractivity contribution >= 4 is 39.9 Å². The van der Waals surface area contributed by atoms with E-state index in [1.165, 1.54) is 13.1 Å². The molecule has 2 heterocycles. The molecule has 134 valence electrons. The van der Waals surface area contributed by atoms with Crippen LogP contribution in [0.1, 0.15) is 22.5 Å². The van der Waals surface area contributed by atoms with Crippen LogP contribution in [0.25, 0.3) is 11.8 Å². The van der Waals surface area contributed by atoms with Crippen molar-refractivity contribution in [2.45, 2.75) is 20.8 Å². The second-order valence-corrected chi connectivity index (χ2v) is 7.13. The van der Waals surface area contributed by atoms with Crippen LogP contribution in [0.15, 0.2) is 34.3 Å². The van der Waals surface area contributed by atoms with Gasteiger partial charge in [-0.25, -0.2) is 4.79 Å². The minimum absolute atomic E-state index is 0.0562. The Kier molecular flexibility index (Phi) is 4.58. The number of benzene rings is 1. The highest BCUT2D eigenvalue weighted by atomic mass is 79.9. The van der Waals surface area contributed by atoms with E-state index in [4.69, 9.17) is 0 Å². The van der Waals surface area contributed by atoms with Crippen LogP contribution in [-0.4, -0.2) is 34.4 Å². The van der Waals surface area contributed by atoms with E-state index in [1.807, 2.05) is 39.0 Å². The fraction of sp³-hybridized carbons (Fsp3) is 0.211. The molecule has 1 aliphatic rings. The Bertz CT molecular complexity index is 988. The topological polar surface area (TPSA) is 71.4 Å². The second kappa shape index (κ2) is 6.57. The third kappa shape index (κ3) is 2.99. The lowest BCUT2D eigenvalue weighted by molar-refractivity contribution is -0.129. The van der Waals surface area contributed by atoms with Crippen molar-refractivity contribution in [3.63, 3.8) is 0 Å². The molecular weight excluding hydrogens is 398 g/mol. The van der Waals surface area contributed by atoms with Crippen LogP contribution in [0.3, 0.4) is 0 Å². The Morgan fingerprint density at radius 1 is 1.08 bits per heavy atom. The molecule has 7 heteroatoms. The van der Waals surface area contributed by atoms with E-state index in [0.717, 1.165) is 37.6 Å². The predicted molar refractivity (Wildman–Crippen MR) is 102 cm³/mol. The number of rotatable bonds is 2. The molecular formula is C19H18BrN3O3. The van der Waals surface area contributed by atoms with Gasteiger partial charge in [0.1, 0.15) is 5.57 Å². The Balaban J connectivity index is 2.08. The summed E-state index contributed by atoms with van der Waals surface area (Å²) in [7, 11) is 1.34. The molecule has 0 unspecified atom stereocenters. The monoisotopic (exact) mass is 415 g/mol. The van der Waals surface area contributed by atoms with Gasteiger partial charge in [0.15, 0.2) is 0 Å². The van der Waals surface area contributed by atoms with E-state index >= 15 is 0 Å². The molecule has 0 spiro atoms. The van der Waals surface area contributed by atoms with E-state index < -0.39 is 17.8 Å². The molecule has 1 aliphatic heterocycles. The maximum absolute atomic E-state index is 12.3. The van der Waals surface area contributed by atoms with Gasteiger partial charge in [0, 0.05) is 28.6 Å². The molecule has 1 saturated heterocycles. The summed E-state index contributed by atoms with van der Waals surface area (Å²) in [5, 5.41) is 2.16. The molecule has 0 atom stereocenters. The largest absolute Gasteiger partial charge is 0.331 e. The highest BCUT2D eigenvalue weighted by Crippen LogP contribution is 2.26. The van der Waals surface area contributed by atoms with Gasteiger partial charge in [-0.2, -0.15) is 0 Å². The fourth-order valence-corrected chi connectivity index (χ4v) is 3.25. The number of urea groups is 1. The number of hydrogen-bond donors (Lipinski definition) is 1. The van der Waals surface area contributed by atoms with Crippen LogP contribution in [0.2, 0.25) is 0 Å². The minimum atomic E-state index is -0.715. The maximum Gasteiger partial charge on any atom is 0.331 e. The van der Waals surface area contributed by atoms with Gasteiger partial charge in [-0.1, -0.05) is 15.9 Å². The Labute approximate surface area is 159 Å². The third-order valence-corrected chi connectivity index (χ3v) is 5.36. The highest BCUT2D eigenvalue weighted by Gasteiger charge is 2.33. The number of halogens is 1. The summed E-state index contributed by atoms with van der Waals surface area (Å²) in [5.41, 5.74) is 4.68. The zero-order chi connectivity index (χ0) is 19.2. The van der Waals surface area contributed by atoms with E-state index in [9.17, 15) is 14.4 Å². The van der Waals surface area contributed by atoms with Gasteiger partial charge in [0.2, 0.25) is 0 Å². The average Bonchev–Trinajstić information content (AvgIpc) is 2.86. The van der Waals surface area contributed by atoms with Crippen molar-refractivity contribution in [1.82, 2.24) is 14.8 Å². The lowest BCUT2D eigenvalue weighted by atomic mass is 10.1. The number of aromatic nitrogens is 1. The van der Waals surface area contributed by atoms with Gasteiger partial charge in [-0.15, -0.1) is 0 Å². The van der Waals surface area contributed by atoms with Crippen LogP contribution in [0.4, 0.5) is 4.79 Å². The van der Waals surface area contributed by atoms with Crippen molar-refractivity contribution < 1.29 is 14.4 Å². The van der Waals surface area contributed by atoms with Crippen LogP contribution in [-0.2, 0) is 9.59 Å². The number of nitrogens with zero attached hydrogens (tertiary/aromatic N) is 2. The van der Waals surface area contributed by atoms with Crippen molar-refractivity contribution in [2.75, 3.05) is 7.05 Å². The van der Waals surface area contributed by atoms with Crippen molar-refractivity contribution in [3.05, 3.63) is 56.8 Å². The summed E-state index contributed by atoms with van der Waals surface area (Å²) < 4.78 is 3.09. The van der Waals surface area contributed by atoms with Gasteiger partial charge in [-0.05, 0) is 62.2 Å². The van der Waals surface area contributed by atoms with Crippen molar-refractivity contribution in [3.8, 4) is 5.69 Å². The molecule has 1 aromatic carbocycles. The molecule has 0 radical (unpaired) electrons. The van der Waals surface area contributed by atoms with Gasteiger partial charge >= 0.3 is 6.03 Å². The Hall–Kier alpha value is -2.67. The summed E-state index contributed by atoms with van der Waals surface area (Å²) in [6.07, 6.45) is 1.53. The number of nitrogens with one attached hydrogen (secondary N) is 1. The number of amides is 4. The molecule has 3 rings (SSSR count). The molecule has 1 N–H and O–H groups in total. The first-order valence-electron chi connectivity index (χ1n) is 8.01. The number of barbiturate groups is 1. The lowest BCUT2D eigenvalue weighted by Gasteiger charge is -2.22. The zero-order valence-corrected chi connectivity index (χ0v) is 16.5. The number of likely N-dealkylation sites (N-methyl/N-ethyl adjacent to an activating group) is 1. The standard InChI is InChI=1S/C19H18BrN3O3/c1-10-7-14(5-6-16(10)20)23-11(2)8-13(12(23)3)9-15-17(24)21-19(26)22(4)18(15)25/h5-9H,1-4H3,(H,21,24,26). The predicted octanol–water partition coefficient (Wildman–Crippen LogP) is 3.26. The average molecular weight is 416 g/mol. The van der Waals surface area contributed by atoms with Crippen LogP contribution < -0.4 is 5.32 Å². The summed E-state index contributed by atoms with van der Waals surface area (Å²) in [6.45, 7) is 5.91. The molecule has 26 heavy (non-hydrogen) atoms. The quantitative estimate of drug-likeness (QED) is 0.604. The first-order valence-corrected chi connectivity index (χ1v) is 8.80. The number of hydrogen-bond acceptors (Lipinski definition) is 3. The first-order chi connectivity index (χ1) is 12.2. The maximum atomic E-state index is 12.3. The number of carbonyl (C=O) groups excluding carboxylic acids is 3. The zero-order valence-electron chi connectivity index (χ0n) is 14.9. The normalized spacial score (nSPS) is 16.4. The molecule has 6 nitrogen and oxygen atoms in total. The molecule has 0 saturated carbocycles. The number of aryl methyl sites for hydroxylation is 2. The van der Waals surface area contributed by atoms with Gasteiger partial charge < -0.3 is 4.57 Å². The SMILES string of the molecule is Cc1cc(-n2c(C)cc(C=C3C(=O)NC(=O)N(C)C3=O)c2C)ccc1Br. The molecule has 2 aromatic rings. The number of imide groups is 2. The van der Waals surface area contributed by atoms with Gasteiger partial charge in [0.05, 0.1) is 0 Å². The summed E-state index contributed by atoms with van der Waals surface area (Å²) in [5.74, 6) is -1.29. The van der Waals surface area contributed by atoms with E-state index in [2.05, 4.69) is 31.9 Å². The summed E-state index contributed by atoms with van der Waals surface area (Å²) in [6, 6.07) is 7.25. The Morgan fingerprint density at radius 3 is 2.42 bits per heavy atom. The molecule has 0 bridgehead atoms. The summed E-state index contributed by atoms with van der Waals surface area (Å²) in [4.78, 5) is 36.7. The van der Waals surface area contributed by atoms with Crippen molar-refractivity contribution in [1.29, 1.82) is 0 Å². The van der Waals surface area contributed by atoms with Crippen LogP contribution in [0.5, 0.6) is 0 Å². The fourth-order valence-electron chi connectivity index (χ4n) is 3.00. The van der Waals surface area contributed by atoms with E-state index in [1.54, 1.807) is 0 Å². The van der Waals surface area contributed by atoms with Gasteiger partial charge in [0.25, 0.3) is 11.8 Å². The van der Waals surface area contributed by atoms with Crippen LogP contribution >= 0.6 is 15.9 Å². The number of carbonyl (C=O) groups is 3. The molecule has 1 aromatic heterocycles. The molecule has 1 fully saturated rings. The van der Waals surface area contributed by atoms with Crippen LogP contribution in [0, 0.1) is 20.8 Å². The Morgan fingerprint density at radius 2 is 1.77 bits per heavy atom. The van der Waals surface area contributed by atoms with Crippen molar-refractivity contribution in [2.24, 2.45) is 0 Å². The minimum Gasteiger partial charge on any atom is -0.318 e. The molecule has 4 amide bonds. The third-order valence-electron chi connectivity index (χ3n) is 4.47. The first kappa shape index (κ1) is 18.1. The lowest BCUT2D eigenvalue weighted by Crippen LogP contribution is -2.52. The molecule has 0 aliphatic carbocycles. The second-order valence-electron chi connectivity index (χ2n) is 6.28. The van der Waals surface area contributed by atoms with Gasteiger partial charge in [-0.3, -0.25) is 19.8 Å². The van der Waals surface area contributed by atoms with E-state index in [0.29, 0.717) is 0 Å². The smallest absolute Gasteiger partial charge is 0.318 e. The summed E-state index contributed by atoms with van der Waals surface area (Å²) >= 11 is 3.50.